The average Bonchev–Trinajstić information content (AvgIpc) is 3.37. The minimum absolute atomic E-state index is 0.0690. The third-order valence-corrected chi connectivity index (χ3v) is 9.79. The van der Waals surface area contributed by atoms with E-state index in [-0.39, 0.29) is 24.2 Å². The summed E-state index contributed by atoms with van der Waals surface area (Å²) >= 11 is 1.49. The molecular formula is C23H30N6O5S2. The number of thiazole rings is 1. The number of nitrogens with one attached hydrogen (secondary N) is 2. The highest BCUT2D eigenvalue weighted by molar-refractivity contribution is 7.91. The number of hydrogen-bond donors (Lipinski definition) is 5. The van der Waals surface area contributed by atoms with Crippen LogP contribution in [0.15, 0.2) is 12.3 Å². The molecule has 11 nitrogen and oxygen atoms in total. The first-order valence-electron chi connectivity index (χ1n) is 12.0. The van der Waals surface area contributed by atoms with Crippen molar-refractivity contribution >= 4 is 43.2 Å². The molecule has 5 rings (SSSR count). The predicted octanol–water partition coefficient (Wildman–Crippen LogP) is 1.27. The lowest BCUT2D eigenvalue weighted by Gasteiger charge is -2.25. The van der Waals surface area contributed by atoms with Gasteiger partial charge in [0.2, 0.25) is 5.95 Å². The van der Waals surface area contributed by atoms with E-state index in [9.17, 15) is 23.7 Å². The molecule has 13 heteroatoms. The first kappa shape index (κ1) is 25.2. The van der Waals surface area contributed by atoms with Gasteiger partial charge in [-0.2, -0.15) is 4.98 Å². The summed E-state index contributed by atoms with van der Waals surface area (Å²) in [6, 6.07) is 1.30. The third kappa shape index (κ3) is 4.90. The Morgan fingerprint density at radius 3 is 2.47 bits per heavy atom. The van der Waals surface area contributed by atoms with E-state index >= 15 is 0 Å². The van der Waals surface area contributed by atoms with Gasteiger partial charge in [-0.05, 0) is 39.2 Å². The predicted molar refractivity (Wildman–Crippen MR) is 138 cm³/mol. The number of aryl methyl sites for hydroxylation is 2. The van der Waals surface area contributed by atoms with E-state index in [1.807, 2.05) is 19.9 Å². The highest BCUT2D eigenvalue weighted by atomic mass is 32.2. The molecule has 2 fully saturated rings. The Hall–Kier alpha value is -2.45. The van der Waals surface area contributed by atoms with Crippen LogP contribution in [0, 0.1) is 19.8 Å². The Bertz CT molecular complexity index is 1370. The van der Waals surface area contributed by atoms with Gasteiger partial charge in [-0.1, -0.05) is 0 Å². The molecule has 0 radical (unpaired) electrons. The van der Waals surface area contributed by atoms with Crippen molar-refractivity contribution in [2.24, 2.45) is 5.92 Å². The van der Waals surface area contributed by atoms with Gasteiger partial charge in [-0.25, -0.2) is 18.4 Å². The van der Waals surface area contributed by atoms with E-state index in [1.165, 1.54) is 11.3 Å². The second-order valence-electron chi connectivity index (χ2n) is 9.60. The SMILES string of the molecule is Cc1nc(NC2CCS(=O)(=O)CC2)nc(N[C@@H]2C[C@H](CO)[C@@H](O)[C@H]2O)c1-c1nc2c(C)nccc2s1. The zero-order valence-electron chi connectivity index (χ0n) is 20.0. The molecule has 4 heterocycles. The number of pyridine rings is 1. The lowest BCUT2D eigenvalue weighted by molar-refractivity contribution is 0.00446. The van der Waals surface area contributed by atoms with Crippen molar-refractivity contribution in [3.63, 3.8) is 0 Å². The summed E-state index contributed by atoms with van der Waals surface area (Å²) in [4.78, 5) is 18.5. The van der Waals surface area contributed by atoms with Crippen molar-refractivity contribution in [1.82, 2.24) is 19.9 Å². The number of aliphatic hydroxyl groups excluding tert-OH is 3. The molecule has 0 amide bonds. The van der Waals surface area contributed by atoms with Gasteiger partial charge < -0.3 is 26.0 Å². The minimum Gasteiger partial charge on any atom is -0.396 e. The van der Waals surface area contributed by atoms with Crippen LogP contribution < -0.4 is 10.6 Å². The molecule has 3 aromatic heterocycles. The molecule has 3 aromatic rings. The summed E-state index contributed by atoms with van der Waals surface area (Å²) in [7, 11) is -3.00. The smallest absolute Gasteiger partial charge is 0.225 e. The second kappa shape index (κ2) is 9.78. The number of anilines is 2. The number of rotatable bonds is 6. The Balaban J connectivity index is 1.52. The molecule has 1 saturated carbocycles. The van der Waals surface area contributed by atoms with E-state index in [0.717, 1.165) is 15.9 Å². The van der Waals surface area contributed by atoms with Gasteiger partial charge >= 0.3 is 0 Å². The van der Waals surface area contributed by atoms with E-state index < -0.39 is 34.0 Å². The van der Waals surface area contributed by atoms with Crippen molar-refractivity contribution in [3.8, 4) is 10.6 Å². The number of hydrogen-bond acceptors (Lipinski definition) is 12. The van der Waals surface area contributed by atoms with Crippen LogP contribution in [-0.4, -0.2) is 86.1 Å². The molecular weight excluding hydrogens is 504 g/mol. The van der Waals surface area contributed by atoms with Crippen LogP contribution in [0.3, 0.4) is 0 Å². The molecule has 194 valence electrons. The first-order valence-corrected chi connectivity index (χ1v) is 14.6. The zero-order valence-corrected chi connectivity index (χ0v) is 21.7. The second-order valence-corrected chi connectivity index (χ2v) is 12.9. The van der Waals surface area contributed by atoms with Crippen LogP contribution >= 0.6 is 11.3 Å². The van der Waals surface area contributed by atoms with Gasteiger partial charge in [0, 0.05) is 24.8 Å². The number of nitrogens with zero attached hydrogens (tertiary/aromatic N) is 4. The lowest BCUT2D eigenvalue weighted by Crippen LogP contribution is -2.36. The van der Waals surface area contributed by atoms with Gasteiger partial charge in [-0.3, -0.25) is 4.98 Å². The summed E-state index contributed by atoms with van der Waals surface area (Å²) in [6.45, 7) is 3.52. The normalized spacial score (nSPS) is 26.4. The molecule has 1 aliphatic carbocycles. The Labute approximate surface area is 213 Å². The van der Waals surface area contributed by atoms with Gasteiger partial charge in [0.15, 0.2) is 0 Å². The van der Waals surface area contributed by atoms with Crippen LogP contribution in [0.4, 0.5) is 11.8 Å². The number of aromatic nitrogens is 4. The molecule has 0 aromatic carbocycles. The molecule has 1 saturated heterocycles. The monoisotopic (exact) mass is 534 g/mol. The largest absolute Gasteiger partial charge is 0.396 e. The van der Waals surface area contributed by atoms with Crippen molar-refractivity contribution in [2.45, 2.75) is 57.4 Å². The Morgan fingerprint density at radius 2 is 1.81 bits per heavy atom. The van der Waals surface area contributed by atoms with Gasteiger partial charge in [0.1, 0.15) is 32.3 Å². The van der Waals surface area contributed by atoms with Crippen LogP contribution in [0.2, 0.25) is 0 Å². The number of fused-ring (bicyclic) bond motifs is 1. The minimum atomic E-state index is -3.00. The maximum absolute atomic E-state index is 11.8. The molecule has 36 heavy (non-hydrogen) atoms. The highest BCUT2D eigenvalue weighted by Crippen LogP contribution is 2.38. The van der Waals surface area contributed by atoms with Crippen LogP contribution in [0.5, 0.6) is 0 Å². The van der Waals surface area contributed by atoms with Gasteiger partial charge in [0.25, 0.3) is 0 Å². The zero-order chi connectivity index (χ0) is 25.6. The molecule has 0 spiro atoms. The molecule has 0 unspecified atom stereocenters. The maximum Gasteiger partial charge on any atom is 0.225 e. The standard InChI is InChI=1S/C23H30N6O5S2/c1-11-17(22-28-18-12(2)24-6-3-16(18)35-22)21(27-15-9-13(10-30)19(31)20(15)32)29-23(25-11)26-14-4-7-36(33,34)8-5-14/h3,6,13-15,19-20,30-32H,4-5,7-10H2,1-2H3,(H2,25,26,27,29)/t13-,15-,19-,20+/m1/s1. The lowest BCUT2D eigenvalue weighted by atomic mass is 10.1. The Morgan fingerprint density at radius 1 is 1.06 bits per heavy atom. The van der Waals surface area contributed by atoms with Crippen molar-refractivity contribution in [2.75, 3.05) is 28.7 Å². The quantitative estimate of drug-likeness (QED) is 0.308. The van der Waals surface area contributed by atoms with Crippen LogP contribution in [0.1, 0.15) is 30.7 Å². The van der Waals surface area contributed by atoms with Gasteiger partial charge in [-0.15, -0.1) is 11.3 Å². The Kier molecular flexibility index (Phi) is 6.85. The number of sulfone groups is 1. The highest BCUT2D eigenvalue weighted by Gasteiger charge is 2.41. The summed E-state index contributed by atoms with van der Waals surface area (Å²) in [5.74, 6) is 0.616. The fraction of sp³-hybridized carbons (Fsp3) is 0.565. The molecule has 2 aliphatic rings. The number of aliphatic hydroxyl groups is 3. The fourth-order valence-electron chi connectivity index (χ4n) is 4.93. The molecule has 1 aliphatic heterocycles. The van der Waals surface area contributed by atoms with Crippen molar-refractivity contribution < 1.29 is 23.7 Å². The van der Waals surface area contributed by atoms with Crippen LogP contribution in [-0.2, 0) is 9.84 Å². The summed E-state index contributed by atoms with van der Waals surface area (Å²) < 4.78 is 24.6. The van der Waals surface area contributed by atoms with Crippen LogP contribution in [0.25, 0.3) is 20.8 Å². The summed E-state index contributed by atoms with van der Waals surface area (Å²) in [5, 5.41) is 37.8. The molecule has 0 bridgehead atoms. The van der Waals surface area contributed by atoms with Gasteiger partial charge in [0.05, 0.1) is 45.3 Å². The third-order valence-electron chi connectivity index (χ3n) is 7.04. The van der Waals surface area contributed by atoms with E-state index in [1.54, 1.807) is 6.20 Å². The summed E-state index contributed by atoms with van der Waals surface area (Å²) in [5.41, 5.74) is 2.95. The molecule has 4 atom stereocenters. The van der Waals surface area contributed by atoms with E-state index in [4.69, 9.17) is 9.97 Å². The fourth-order valence-corrected chi connectivity index (χ4v) is 7.53. The average molecular weight is 535 g/mol. The van der Waals surface area contributed by atoms with Crippen molar-refractivity contribution in [1.29, 1.82) is 0 Å². The van der Waals surface area contributed by atoms with E-state index in [2.05, 4.69) is 20.6 Å². The topological polar surface area (TPSA) is 170 Å². The summed E-state index contributed by atoms with van der Waals surface area (Å²) in [6.07, 6.45) is 0.943. The van der Waals surface area contributed by atoms with Crippen molar-refractivity contribution in [3.05, 3.63) is 23.7 Å². The molecule has 5 N–H and O–H groups in total. The van der Waals surface area contributed by atoms with E-state index in [0.29, 0.717) is 47.3 Å². The first-order chi connectivity index (χ1) is 17.1. The maximum atomic E-state index is 11.8.